The van der Waals surface area contributed by atoms with Crippen LogP contribution >= 0.6 is 0 Å². The number of aryl methyl sites for hydroxylation is 2. The number of nitrogens with zero attached hydrogens (tertiary/aromatic N) is 1. The number of hydrogen-bond acceptors (Lipinski definition) is 2. The highest BCUT2D eigenvalue weighted by molar-refractivity contribution is 5.97. The van der Waals surface area contributed by atoms with Crippen LogP contribution in [0.3, 0.4) is 0 Å². The van der Waals surface area contributed by atoms with Crippen LogP contribution < -0.4 is 5.32 Å². The van der Waals surface area contributed by atoms with Crippen LogP contribution in [0.2, 0.25) is 0 Å². The topological polar surface area (TPSA) is 49.4 Å². The summed E-state index contributed by atoms with van der Waals surface area (Å²) in [5.41, 5.74) is 3.04. The first-order valence-electron chi connectivity index (χ1n) is 7.05. The van der Waals surface area contributed by atoms with Crippen LogP contribution in [0.15, 0.2) is 18.2 Å². The minimum absolute atomic E-state index is 0.0634. The predicted octanol–water partition coefficient (Wildman–Crippen LogP) is 2.50. The molecule has 1 N–H and O–H groups in total. The van der Waals surface area contributed by atoms with Gasteiger partial charge in [-0.1, -0.05) is 6.07 Å². The summed E-state index contributed by atoms with van der Waals surface area (Å²) in [5.74, 6) is -0.238. The number of likely N-dealkylation sites (tertiary alicyclic amines) is 1. The summed E-state index contributed by atoms with van der Waals surface area (Å²) in [6.07, 6.45) is 0.314. The van der Waals surface area contributed by atoms with Gasteiger partial charge in [-0.25, -0.2) is 0 Å². The number of anilines is 1. The second kappa shape index (κ2) is 5.65. The molecule has 4 nitrogen and oxygen atoms in total. The van der Waals surface area contributed by atoms with E-state index >= 15 is 0 Å². The van der Waals surface area contributed by atoms with Crippen LogP contribution in [0.1, 0.15) is 31.4 Å². The zero-order valence-electron chi connectivity index (χ0n) is 12.6. The van der Waals surface area contributed by atoms with E-state index in [-0.39, 0.29) is 23.8 Å². The Morgan fingerprint density at radius 3 is 2.35 bits per heavy atom. The smallest absolute Gasteiger partial charge is 0.229 e. The van der Waals surface area contributed by atoms with E-state index in [0.29, 0.717) is 13.0 Å². The van der Waals surface area contributed by atoms with Crippen molar-refractivity contribution in [1.29, 1.82) is 0 Å². The van der Waals surface area contributed by atoms with Crippen LogP contribution in [0.25, 0.3) is 0 Å². The first kappa shape index (κ1) is 14.6. The van der Waals surface area contributed by atoms with E-state index in [0.717, 1.165) is 16.8 Å². The van der Waals surface area contributed by atoms with Crippen molar-refractivity contribution in [3.8, 4) is 0 Å². The highest BCUT2D eigenvalue weighted by Gasteiger charge is 2.35. The van der Waals surface area contributed by atoms with E-state index in [2.05, 4.69) is 11.4 Å². The van der Waals surface area contributed by atoms with Gasteiger partial charge in [0.15, 0.2) is 0 Å². The molecule has 2 amide bonds. The van der Waals surface area contributed by atoms with E-state index in [1.54, 1.807) is 4.90 Å². The van der Waals surface area contributed by atoms with Crippen molar-refractivity contribution in [1.82, 2.24) is 4.90 Å². The van der Waals surface area contributed by atoms with Crippen molar-refractivity contribution in [3.63, 3.8) is 0 Å². The van der Waals surface area contributed by atoms with Crippen molar-refractivity contribution in [2.75, 3.05) is 11.9 Å². The standard InChI is InChI=1S/C16H22N2O2/c1-10(2)18-9-13(8-15(18)19)16(20)17-14-6-11(3)5-12(4)7-14/h5-7,10,13H,8-9H2,1-4H3,(H,17,20)/t13-/m0/s1. The van der Waals surface area contributed by atoms with Gasteiger partial charge in [0, 0.05) is 24.7 Å². The Bertz CT molecular complexity index is 517. The molecule has 0 aromatic heterocycles. The van der Waals surface area contributed by atoms with Gasteiger partial charge in [0.1, 0.15) is 0 Å². The Hall–Kier alpha value is -1.84. The number of amides is 2. The van der Waals surface area contributed by atoms with Gasteiger partial charge in [-0.05, 0) is 51.0 Å². The van der Waals surface area contributed by atoms with E-state index < -0.39 is 0 Å². The molecule has 0 radical (unpaired) electrons. The summed E-state index contributed by atoms with van der Waals surface area (Å²) in [4.78, 5) is 25.9. The van der Waals surface area contributed by atoms with Crippen molar-refractivity contribution in [3.05, 3.63) is 29.3 Å². The fourth-order valence-corrected chi connectivity index (χ4v) is 2.70. The molecule has 1 atom stereocenters. The molecule has 1 aromatic carbocycles. The average molecular weight is 274 g/mol. The molecule has 0 spiro atoms. The van der Waals surface area contributed by atoms with Crippen LogP contribution in [0, 0.1) is 19.8 Å². The van der Waals surface area contributed by atoms with Gasteiger partial charge in [0.2, 0.25) is 11.8 Å². The highest BCUT2D eigenvalue weighted by Crippen LogP contribution is 2.22. The minimum atomic E-state index is -0.245. The lowest BCUT2D eigenvalue weighted by molar-refractivity contribution is -0.129. The molecule has 0 aliphatic carbocycles. The Morgan fingerprint density at radius 1 is 1.25 bits per heavy atom. The van der Waals surface area contributed by atoms with E-state index in [1.165, 1.54) is 0 Å². The van der Waals surface area contributed by atoms with E-state index in [1.807, 2.05) is 39.8 Å². The maximum Gasteiger partial charge on any atom is 0.229 e. The van der Waals surface area contributed by atoms with Gasteiger partial charge in [0.05, 0.1) is 5.92 Å². The molecule has 1 aromatic rings. The van der Waals surface area contributed by atoms with Gasteiger partial charge in [0.25, 0.3) is 0 Å². The Morgan fingerprint density at radius 2 is 1.85 bits per heavy atom. The van der Waals surface area contributed by atoms with Crippen LogP contribution in [0.5, 0.6) is 0 Å². The molecule has 0 unspecified atom stereocenters. The third-order valence-electron chi connectivity index (χ3n) is 3.64. The quantitative estimate of drug-likeness (QED) is 0.920. The van der Waals surface area contributed by atoms with Gasteiger partial charge in [-0.3, -0.25) is 9.59 Å². The number of hydrogen-bond donors (Lipinski definition) is 1. The number of nitrogens with one attached hydrogen (secondary N) is 1. The maximum atomic E-state index is 12.3. The molecular formula is C16H22N2O2. The lowest BCUT2D eigenvalue weighted by Gasteiger charge is -2.20. The first-order chi connectivity index (χ1) is 9.36. The van der Waals surface area contributed by atoms with Gasteiger partial charge in [-0.2, -0.15) is 0 Å². The van der Waals surface area contributed by atoms with E-state index in [4.69, 9.17) is 0 Å². The number of carbonyl (C=O) groups is 2. The maximum absolute atomic E-state index is 12.3. The highest BCUT2D eigenvalue weighted by atomic mass is 16.2. The lowest BCUT2D eigenvalue weighted by atomic mass is 10.1. The van der Waals surface area contributed by atoms with Crippen LogP contribution in [0.4, 0.5) is 5.69 Å². The number of benzene rings is 1. The summed E-state index contributed by atoms with van der Waals surface area (Å²) >= 11 is 0. The van der Waals surface area contributed by atoms with Crippen molar-refractivity contribution in [2.24, 2.45) is 5.92 Å². The largest absolute Gasteiger partial charge is 0.339 e. The Balaban J connectivity index is 2.04. The monoisotopic (exact) mass is 274 g/mol. The molecular weight excluding hydrogens is 252 g/mol. The molecule has 20 heavy (non-hydrogen) atoms. The summed E-state index contributed by atoms with van der Waals surface area (Å²) in [6, 6.07) is 6.11. The summed E-state index contributed by atoms with van der Waals surface area (Å²) in [6.45, 7) is 8.47. The summed E-state index contributed by atoms with van der Waals surface area (Å²) in [7, 11) is 0. The van der Waals surface area contributed by atoms with Crippen molar-refractivity contribution >= 4 is 17.5 Å². The zero-order chi connectivity index (χ0) is 14.9. The second-order valence-corrected chi connectivity index (χ2v) is 5.91. The molecule has 1 heterocycles. The fourth-order valence-electron chi connectivity index (χ4n) is 2.70. The van der Waals surface area contributed by atoms with Gasteiger partial charge >= 0.3 is 0 Å². The molecule has 1 aliphatic heterocycles. The molecule has 0 saturated carbocycles. The molecule has 0 bridgehead atoms. The van der Waals surface area contributed by atoms with Crippen LogP contribution in [-0.2, 0) is 9.59 Å². The zero-order valence-corrected chi connectivity index (χ0v) is 12.6. The molecule has 1 aliphatic rings. The van der Waals surface area contributed by atoms with E-state index in [9.17, 15) is 9.59 Å². The summed E-state index contributed by atoms with van der Waals surface area (Å²) < 4.78 is 0. The Kier molecular flexibility index (Phi) is 4.12. The third kappa shape index (κ3) is 3.18. The molecule has 2 rings (SSSR count). The van der Waals surface area contributed by atoms with Gasteiger partial charge in [-0.15, -0.1) is 0 Å². The predicted molar refractivity (Wildman–Crippen MR) is 79.5 cm³/mol. The SMILES string of the molecule is Cc1cc(C)cc(NC(=O)[C@H]2CC(=O)N(C(C)C)C2)c1. The molecule has 4 heteroatoms. The number of carbonyl (C=O) groups excluding carboxylic acids is 2. The normalized spacial score (nSPS) is 18.8. The summed E-state index contributed by atoms with van der Waals surface area (Å²) in [5, 5.41) is 2.93. The van der Waals surface area contributed by atoms with Gasteiger partial charge < -0.3 is 10.2 Å². The third-order valence-corrected chi connectivity index (χ3v) is 3.64. The lowest BCUT2D eigenvalue weighted by Crippen LogP contribution is -2.33. The molecule has 1 saturated heterocycles. The van der Waals surface area contributed by atoms with Crippen molar-refractivity contribution in [2.45, 2.75) is 40.2 Å². The Labute approximate surface area is 120 Å². The molecule has 108 valence electrons. The number of rotatable bonds is 3. The van der Waals surface area contributed by atoms with Crippen molar-refractivity contribution < 1.29 is 9.59 Å². The molecule has 1 fully saturated rings. The minimum Gasteiger partial charge on any atom is -0.339 e. The van der Waals surface area contributed by atoms with Crippen LogP contribution in [-0.4, -0.2) is 29.3 Å². The average Bonchev–Trinajstić information content (AvgIpc) is 2.70. The first-order valence-corrected chi connectivity index (χ1v) is 7.05. The fraction of sp³-hybridized carbons (Fsp3) is 0.500. The second-order valence-electron chi connectivity index (χ2n) is 5.91.